The Morgan fingerprint density at radius 1 is 1.35 bits per heavy atom. The maximum absolute atomic E-state index is 12.6. The van der Waals surface area contributed by atoms with Gasteiger partial charge in [0.2, 0.25) is 11.8 Å². The minimum Gasteiger partial charge on any atom is -0.384 e. The van der Waals surface area contributed by atoms with Gasteiger partial charge in [-0.15, -0.1) is 0 Å². The number of anilines is 1. The number of amides is 2. The van der Waals surface area contributed by atoms with Crippen LogP contribution in [0.2, 0.25) is 5.02 Å². The zero-order valence-corrected chi connectivity index (χ0v) is 19.9. The number of carbonyl (C=O) groups is 2. The van der Waals surface area contributed by atoms with Gasteiger partial charge in [-0.1, -0.05) is 23.7 Å². The number of halogens is 2. The molecular weight excluding hydrogens is 482 g/mol. The van der Waals surface area contributed by atoms with Crippen LogP contribution in [-0.4, -0.2) is 35.4 Å². The van der Waals surface area contributed by atoms with E-state index in [2.05, 4.69) is 36.9 Å². The van der Waals surface area contributed by atoms with Crippen LogP contribution in [0.1, 0.15) is 30.2 Å². The van der Waals surface area contributed by atoms with E-state index in [1.807, 2.05) is 31.2 Å². The Hall–Kier alpha value is -2.16. The molecule has 5 N–H and O–H groups in total. The zero-order chi connectivity index (χ0) is 22.5. The SMILES string of the molecule is Cc1nc(N)ccc1CNC(=O)[C@H](C)NC(=O)[C@H]1C[C@H](Cc2ccc(Br)c(Cl)c2)CN1. The van der Waals surface area contributed by atoms with E-state index in [0.29, 0.717) is 29.7 Å². The van der Waals surface area contributed by atoms with E-state index in [0.717, 1.165) is 34.3 Å². The molecule has 1 aromatic heterocycles. The third-order valence-electron chi connectivity index (χ3n) is 5.47. The number of nitrogens with two attached hydrogens (primary N) is 1. The molecular formula is C22H27BrClN5O2. The van der Waals surface area contributed by atoms with E-state index in [9.17, 15) is 9.59 Å². The lowest BCUT2D eigenvalue weighted by Crippen LogP contribution is -2.50. The largest absolute Gasteiger partial charge is 0.384 e. The monoisotopic (exact) mass is 507 g/mol. The van der Waals surface area contributed by atoms with Crippen molar-refractivity contribution in [3.8, 4) is 0 Å². The fourth-order valence-corrected chi connectivity index (χ4v) is 4.12. The van der Waals surface area contributed by atoms with Crippen molar-refractivity contribution in [2.24, 2.45) is 5.92 Å². The Morgan fingerprint density at radius 2 is 2.13 bits per heavy atom. The molecule has 0 aliphatic carbocycles. The van der Waals surface area contributed by atoms with Crippen LogP contribution in [0.4, 0.5) is 5.82 Å². The number of aryl methyl sites for hydroxylation is 1. The molecule has 0 bridgehead atoms. The second kappa shape index (κ2) is 10.4. The smallest absolute Gasteiger partial charge is 0.242 e. The average molecular weight is 509 g/mol. The number of nitrogen functional groups attached to an aromatic ring is 1. The molecule has 0 spiro atoms. The first-order valence-electron chi connectivity index (χ1n) is 10.2. The van der Waals surface area contributed by atoms with Crippen molar-refractivity contribution in [1.82, 2.24) is 20.9 Å². The van der Waals surface area contributed by atoms with Gasteiger partial charge in [0.15, 0.2) is 0 Å². The molecule has 0 unspecified atom stereocenters. The van der Waals surface area contributed by atoms with Crippen LogP contribution in [0.15, 0.2) is 34.8 Å². The summed E-state index contributed by atoms with van der Waals surface area (Å²) in [4.78, 5) is 29.2. The summed E-state index contributed by atoms with van der Waals surface area (Å²) in [6, 6.07) is 8.51. The summed E-state index contributed by atoms with van der Waals surface area (Å²) in [6.45, 7) is 4.60. The standard InChI is InChI=1S/C22H27BrClN5O2/c1-12-16(4-6-20(25)28-12)11-27-21(30)13(2)29-22(31)19-9-15(10-26-19)7-14-3-5-17(23)18(24)8-14/h3-6,8,13,15,19,26H,7,9-11H2,1-2H3,(H2,25,28)(H,27,30)(H,29,31)/t13-,15-,19+/m0/s1. The Balaban J connectivity index is 1.45. The quantitative estimate of drug-likeness (QED) is 0.460. The molecule has 3 atom stereocenters. The van der Waals surface area contributed by atoms with E-state index in [4.69, 9.17) is 17.3 Å². The average Bonchev–Trinajstić information content (AvgIpc) is 3.18. The van der Waals surface area contributed by atoms with Gasteiger partial charge in [0.1, 0.15) is 11.9 Å². The van der Waals surface area contributed by atoms with Crippen LogP contribution < -0.4 is 21.7 Å². The first kappa shape index (κ1) is 23.5. The van der Waals surface area contributed by atoms with Crippen molar-refractivity contribution in [3.63, 3.8) is 0 Å². The molecule has 1 fully saturated rings. The summed E-state index contributed by atoms with van der Waals surface area (Å²) in [5.41, 5.74) is 8.44. The van der Waals surface area contributed by atoms with E-state index >= 15 is 0 Å². The number of hydrogen-bond donors (Lipinski definition) is 4. The summed E-state index contributed by atoms with van der Waals surface area (Å²) >= 11 is 9.57. The van der Waals surface area contributed by atoms with Crippen molar-refractivity contribution < 1.29 is 9.59 Å². The van der Waals surface area contributed by atoms with E-state index in [1.54, 1.807) is 13.0 Å². The molecule has 9 heteroatoms. The third-order valence-corrected chi connectivity index (χ3v) is 6.70. The van der Waals surface area contributed by atoms with Crippen LogP contribution in [-0.2, 0) is 22.6 Å². The highest BCUT2D eigenvalue weighted by Crippen LogP contribution is 2.26. The van der Waals surface area contributed by atoms with Crippen LogP contribution in [0, 0.1) is 12.8 Å². The first-order valence-corrected chi connectivity index (χ1v) is 11.4. The third kappa shape index (κ3) is 6.41. The minimum atomic E-state index is -0.638. The molecule has 1 aromatic carbocycles. The number of benzene rings is 1. The summed E-state index contributed by atoms with van der Waals surface area (Å²) in [6.07, 6.45) is 1.55. The molecule has 166 valence electrons. The minimum absolute atomic E-state index is 0.163. The number of aromatic nitrogens is 1. The van der Waals surface area contributed by atoms with Gasteiger partial charge in [-0.2, -0.15) is 0 Å². The summed E-state index contributed by atoms with van der Waals surface area (Å²) < 4.78 is 0.870. The number of carbonyl (C=O) groups excluding carboxylic acids is 2. The fraction of sp³-hybridized carbons (Fsp3) is 0.409. The normalized spacial score (nSPS) is 19.1. The van der Waals surface area contributed by atoms with Crippen LogP contribution >= 0.6 is 27.5 Å². The van der Waals surface area contributed by atoms with Crippen molar-refractivity contribution in [3.05, 3.63) is 56.6 Å². The van der Waals surface area contributed by atoms with Crippen molar-refractivity contribution in [2.75, 3.05) is 12.3 Å². The van der Waals surface area contributed by atoms with Gasteiger partial charge in [0.25, 0.3) is 0 Å². The van der Waals surface area contributed by atoms with Crippen molar-refractivity contribution in [2.45, 2.75) is 45.3 Å². The predicted octanol–water partition coefficient (Wildman–Crippen LogP) is 2.73. The van der Waals surface area contributed by atoms with Crippen LogP contribution in [0.3, 0.4) is 0 Å². The van der Waals surface area contributed by atoms with Gasteiger partial charge in [0.05, 0.1) is 11.1 Å². The number of rotatable bonds is 7. The summed E-state index contributed by atoms with van der Waals surface area (Å²) in [7, 11) is 0. The molecule has 7 nitrogen and oxygen atoms in total. The van der Waals surface area contributed by atoms with Crippen molar-refractivity contribution in [1.29, 1.82) is 0 Å². The number of pyridine rings is 1. The molecule has 3 rings (SSSR count). The van der Waals surface area contributed by atoms with Crippen molar-refractivity contribution >= 4 is 45.2 Å². The van der Waals surface area contributed by atoms with Gasteiger partial charge in [-0.05, 0) is 84.4 Å². The zero-order valence-electron chi connectivity index (χ0n) is 17.5. The van der Waals surface area contributed by atoms with E-state index in [-0.39, 0.29) is 17.9 Å². The fourth-order valence-electron chi connectivity index (χ4n) is 3.68. The summed E-state index contributed by atoms with van der Waals surface area (Å²) in [5, 5.41) is 9.59. The van der Waals surface area contributed by atoms with E-state index < -0.39 is 6.04 Å². The van der Waals surface area contributed by atoms with E-state index in [1.165, 1.54) is 0 Å². The van der Waals surface area contributed by atoms with Crippen LogP contribution in [0.25, 0.3) is 0 Å². The summed E-state index contributed by atoms with van der Waals surface area (Å²) in [5.74, 6) is 0.366. The molecule has 2 heterocycles. The molecule has 0 radical (unpaired) electrons. The predicted molar refractivity (Wildman–Crippen MR) is 126 cm³/mol. The molecule has 1 saturated heterocycles. The molecule has 2 amide bonds. The lowest BCUT2D eigenvalue weighted by Gasteiger charge is -2.17. The molecule has 0 saturated carbocycles. The second-order valence-electron chi connectivity index (χ2n) is 7.94. The lowest BCUT2D eigenvalue weighted by atomic mass is 9.96. The molecule has 1 aliphatic heterocycles. The highest BCUT2D eigenvalue weighted by atomic mass is 79.9. The van der Waals surface area contributed by atoms with Gasteiger partial charge in [-0.3, -0.25) is 9.59 Å². The number of nitrogens with one attached hydrogen (secondary N) is 3. The van der Waals surface area contributed by atoms with Gasteiger partial charge in [-0.25, -0.2) is 4.98 Å². The maximum atomic E-state index is 12.6. The highest BCUT2D eigenvalue weighted by molar-refractivity contribution is 9.10. The molecule has 1 aliphatic rings. The maximum Gasteiger partial charge on any atom is 0.242 e. The molecule has 2 aromatic rings. The molecule has 31 heavy (non-hydrogen) atoms. The number of hydrogen-bond acceptors (Lipinski definition) is 5. The first-order chi connectivity index (χ1) is 14.7. The second-order valence-corrected chi connectivity index (χ2v) is 9.21. The van der Waals surface area contributed by atoms with Gasteiger partial charge < -0.3 is 21.7 Å². The Bertz CT molecular complexity index is 971. The Kier molecular flexibility index (Phi) is 7.91. The highest BCUT2D eigenvalue weighted by Gasteiger charge is 2.31. The Morgan fingerprint density at radius 3 is 2.84 bits per heavy atom. The number of nitrogens with zero attached hydrogens (tertiary/aromatic N) is 1. The van der Waals surface area contributed by atoms with Gasteiger partial charge >= 0.3 is 0 Å². The van der Waals surface area contributed by atoms with Crippen LogP contribution in [0.5, 0.6) is 0 Å². The topological polar surface area (TPSA) is 109 Å². The van der Waals surface area contributed by atoms with Gasteiger partial charge in [0, 0.05) is 16.7 Å². The lowest BCUT2D eigenvalue weighted by molar-refractivity contribution is -0.129. The Labute approximate surface area is 195 Å².